The predicted octanol–water partition coefficient (Wildman–Crippen LogP) is 3.69. The van der Waals surface area contributed by atoms with Gasteiger partial charge in [-0.05, 0) is 24.0 Å². The van der Waals surface area contributed by atoms with Crippen molar-refractivity contribution in [2.24, 2.45) is 11.7 Å². The Morgan fingerprint density at radius 2 is 1.70 bits per heavy atom. The van der Waals surface area contributed by atoms with E-state index in [2.05, 4.69) is 12.1 Å². The van der Waals surface area contributed by atoms with Crippen LogP contribution >= 0.6 is 0 Å². The van der Waals surface area contributed by atoms with Gasteiger partial charge in [-0.3, -0.25) is 4.79 Å². The molecule has 0 saturated carbocycles. The van der Waals surface area contributed by atoms with Crippen LogP contribution in [0.1, 0.15) is 43.0 Å². The second-order valence-corrected chi connectivity index (χ2v) is 6.33. The molecule has 3 atom stereocenters. The lowest BCUT2D eigenvalue weighted by Crippen LogP contribution is -2.39. The molecule has 0 radical (unpaired) electrons. The highest BCUT2D eigenvalue weighted by molar-refractivity contribution is 5.80. The Morgan fingerprint density at radius 1 is 1.09 bits per heavy atom. The fraction of sp³-hybridized carbons (Fsp3) is 0.350. The highest BCUT2D eigenvalue weighted by Gasteiger charge is 2.34. The average molecular weight is 308 g/mol. The van der Waals surface area contributed by atoms with Crippen molar-refractivity contribution >= 4 is 5.91 Å². The third kappa shape index (κ3) is 3.30. The van der Waals surface area contributed by atoms with E-state index in [1.54, 1.807) is 0 Å². The Morgan fingerprint density at radius 3 is 2.35 bits per heavy atom. The summed E-state index contributed by atoms with van der Waals surface area (Å²) in [5, 5.41) is 0. The molecule has 0 spiro atoms. The first kappa shape index (κ1) is 15.8. The van der Waals surface area contributed by atoms with Crippen molar-refractivity contribution in [2.75, 3.05) is 6.54 Å². The van der Waals surface area contributed by atoms with Gasteiger partial charge in [-0.15, -0.1) is 0 Å². The lowest BCUT2D eigenvalue weighted by molar-refractivity contribution is -0.136. The molecule has 1 saturated heterocycles. The van der Waals surface area contributed by atoms with E-state index in [9.17, 15) is 4.79 Å². The predicted molar refractivity (Wildman–Crippen MR) is 92.7 cm³/mol. The average Bonchev–Trinajstić information content (AvgIpc) is 3.11. The molecule has 0 unspecified atom stereocenters. The highest BCUT2D eigenvalue weighted by atomic mass is 16.2. The Kier molecular flexibility index (Phi) is 4.77. The van der Waals surface area contributed by atoms with Crippen LogP contribution in [0.5, 0.6) is 0 Å². The summed E-state index contributed by atoms with van der Waals surface area (Å²) in [6.07, 6.45) is 2.08. The summed E-state index contributed by atoms with van der Waals surface area (Å²) in [6, 6.07) is 20.1. The monoisotopic (exact) mass is 308 g/mol. The second kappa shape index (κ2) is 6.97. The molecule has 23 heavy (non-hydrogen) atoms. The molecule has 1 amide bonds. The quantitative estimate of drug-likeness (QED) is 0.936. The maximum Gasteiger partial charge on any atom is 0.227 e. The van der Waals surface area contributed by atoms with Crippen LogP contribution in [0.4, 0.5) is 0 Å². The van der Waals surface area contributed by atoms with Crippen LogP contribution in [0.25, 0.3) is 0 Å². The maximum atomic E-state index is 13.0. The first-order valence-corrected chi connectivity index (χ1v) is 8.34. The summed E-state index contributed by atoms with van der Waals surface area (Å²) < 4.78 is 0. The SMILES string of the molecule is C[C@H](C(=O)N1CCC[C@H]1c1ccccc1)[C@@H](N)c1ccccc1. The number of nitrogens with zero attached hydrogens (tertiary/aromatic N) is 1. The topological polar surface area (TPSA) is 46.3 Å². The summed E-state index contributed by atoms with van der Waals surface area (Å²) in [5.41, 5.74) is 8.58. The summed E-state index contributed by atoms with van der Waals surface area (Å²) >= 11 is 0. The van der Waals surface area contributed by atoms with Crippen LogP contribution in [-0.4, -0.2) is 17.4 Å². The van der Waals surface area contributed by atoms with Gasteiger partial charge < -0.3 is 10.6 Å². The van der Waals surface area contributed by atoms with Crippen LogP contribution in [-0.2, 0) is 4.79 Å². The Bertz CT molecular complexity index is 641. The molecule has 1 aliphatic rings. The molecule has 1 heterocycles. The van der Waals surface area contributed by atoms with E-state index in [4.69, 9.17) is 5.73 Å². The van der Waals surface area contributed by atoms with Crippen molar-refractivity contribution in [3.8, 4) is 0 Å². The number of hydrogen-bond donors (Lipinski definition) is 1. The maximum absolute atomic E-state index is 13.0. The van der Waals surface area contributed by atoms with Crippen molar-refractivity contribution in [3.05, 3.63) is 71.8 Å². The molecule has 120 valence electrons. The molecule has 2 aromatic rings. The van der Waals surface area contributed by atoms with Crippen molar-refractivity contribution in [3.63, 3.8) is 0 Å². The van der Waals surface area contributed by atoms with Gasteiger partial charge in [-0.1, -0.05) is 67.6 Å². The molecule has 3 heteroatoms. The number of hydrogen-bond acceptors (Lipinski definition) is 2. The highest BCUT2D eigenvalue weighted by Crippen LogP contribution is 2.34. The molecule has 3 rings (SSSR count). The molecule has 2 N–H and O–H groups in total. The number of carbonyl (C=O) groups is 1. The molecule has 0 aromatic heterocycles. The molecule has 0 aliphatic carbocycles. The fourth-order valence-electron chi connectivity index (χ4n) is 3.43. The Balaban J connectivity index is 1.76. The number of nitrogens with two attached hydrogens (primary N) is 1. The van der Waals surface area contributed by atoms with E-state index in [-0.39, 0.29) is 23.9 Å². The number of rotatable bonds is 4. The molecule has 3 nitrogen and oxygen atoms in total. The van der Waals surface area contributed by atoms with Crippen LogP contribution < -0.4 is 5.73 Å². The molecule has 1 aliphatic heterocycles. The number of carbonyl (C=O) groups excluding carboxylic acids is 1. The minimum atomic E-state index is -0.263. The van der Waals surface area contributed by atoms with Gasteiger partial charge in [0.15, 0.2) is 0 Å². The summed E-state index contributed by atoms with van der Waals surface area (Å²) in [6.45, 7) is 2.77. The third-order valence-electron chi connectivity index (χ3n) is 4.83. The molecule has 0 bridgehead atoms. The van der Waals surface area contributed by atoms with E-state index >= 15 is 0 Å². The third-order valence-corrected chi connectivity index (χ3v) is 4.83. The summed E-state index contributed by atoms with van der Waals surface area (Å²) in [7, 11) is 0. The van der Waals surface area contributed by atoms with Crippen LogP contribution in [0.15, 0.2) is 60.7 Å². The van der Waals surface area contributed by atoms with Gasteiger partial charge in [0.2, 0.25) is 5.91 Å². The zero-order valence-electron chi connectivity index (χ0n) is 13.6. The molecular formula is C20H24N2O. The van der Waals surface area contributed by atoms with Crippen molar-refractivity contribution < 1.29 is 4.79 Å². The van der Waals surface area contributed by atoms with Gasteiger partial charge in [0.25, 0.3) is 0 Å². The van der Waals surface area contributed by atoms with E-state index in [0.717, 1.165) is 24.9 Å². The van der Waals surface area contributed by atoms with E-state index in [1.807, 2.05) is 60.4 Å². The lowest BCUT2D eigenvalue weighted by Gasteiger charge is -2.30. The minimum Gasteiger partial charge on any atom is -0.335 e. The largest absolute Gasteiger partial charge is 0.335 e. The molecule has 1 fully saturated rings. The lowest BCUT2D eigenvalue weighted by atomic mass is 9.93. The van der Waals surface area contributed by atoms with Gasteiger partial charge in [0.1, 0.15) is 0 Å². The van der Waals surface area contributed by atoms with Gasteiger partial charge >= 0.3 is 0 Å². The number of likely N-dealkylation sites (tertiary alicyclic amines) is 1. The molecule has 2 aromatic carbocycles. The standard InChI is InChI=1S/C20H24N2O/c1-15(19(21)17-11-6-3-7-12-17)20(23)22-14-8-13-18(22)16-9-4-2-5-10-16/h2-7,9-12,15,18-19H,8,13-14,21H2,1H3/t15-,18-,19+/m0/s1. The number of amides is 1. The normalized spacial score (nSPS) is 20.3. The van der Waals surface area contributed by atoms with E-state index in [0.29, 0.717) is 0 Å². The van der Waals surface area contributed by atoms with Crippen LogP contribution in [0, 0.1) is 5.92 Å². The molecular weight excluding hydrogens is 284 g/mol. The van der Waals surface area contributed by atoms with Gasteiger partial charge in [0.05, 0.1) is 12.0 Å². The Labute approximate surface area is 138 Å². The summed E-state index contributed by atoms with van der Waals surface area (Å²) in [4.78, 5) is 15.0. The summed E-state index contributed by atoms with van der Waals surface area (Å²) in [5.74, 6) is -0.0607. The van der Waals surface area contributed by atoms with Crippen molar-refractivity contribution in [1.29, 1.82) is 0 Å². The first-order valence-electron chi connectivity index (χ1n) is 8.34. The number of benzene rings is 2. The van der Waals surface area contributed by atoms with Crippen LogP contribution in [0.2, 0.25) is 0 Å². The zero-order chi connectivity index (χ0) is 16.2. The fourth-order valence-corrected chi connectivity index (χ4v) is 3.43. The Hall–Kier alpha value is -2.13. The smallest absolute Gasteiger partial charge is 0.227 e. The van der Waals surface area contributed by atoms with Crippen molar-refractivity contribution in [2.45, 2.75) is 31.8 Å². The van der Waals surface area contributed by atoms with Crippen LogP contribution in [0.3, 0.4) is 0 Å². The minimum absolute atomic E-state index is 0.160. The second-order valence-electron chi connectivity index (χ2n) is 6.33. The zero-order valence-corrected chi connectivity index (χ0v) is 13.6. The van der Waals surface area contributed by atoms with Crippen molar-refractivity contribution in [1.82, 2.24) is 4.90 Å². The van der Waals surface area contributed by atoms with Gasteiger partial charge in [0, 0.05) is 12.6 Å². The van der Waals surface area contributed by atoms with Gasteiger partial charge in [-0.2, -0.15) is 0 Å². The first-order chi connectivity index (χ1) is 11.2. The van der Waals surface area contributed by atoms with E-state index in [1.165, 1.54) is 5.56 Å². The van der Waals surface area contributed by atoms with Gasteiger partial charge in [-0.25, -0.2) is 0 Å². The van der Waals surface area contributed by atoms with E-state index < -0.39 is 0 Å².